The average Bonchev–Trinajstić information content (AvgIpc) is 1.44. The average molecular weight is 1150 g/mol. The summed E-state index contributed by atoms with van der Waals surface area (Å²) in [6.07, 6.45) is 68.0. The maximum atomic E-state index is 2.73. The Morgan fingerprint density at radius 3 is 0.857 bits per heavy atom. The Labute approximate surface area is 524 Å². The van der Waals surface area contributed by atoms with Gasteiger partial charge in [-0.15, -0.1) is 0 Å². The molecule has 0 heteroatoms. The Morgan fingerprint density at radius 1 is 0.262 bits per heavy atom. The van der Waals surface area contributed by atoms with Crippen molar-refractivity contribution in [3.63, 3.8) is 0 Å². The van der Waals surface area contributed by atoms with Crippen LogP contribution < -0.4 is 0 Å². The van der Waals surface area contributed by atoms with Crippen molar-refractivity contribution in [1.29, 1.82) is 0 Å². The van der Waals surface area contributed by atoms with Crippen LogP contribution in [0.3, 0.4) is 0 Å². The second-order valence-corrected chi connectivity index (χ2v) is 39.4. The van der Waals surface area contributed by atoms with Crippen molar-refractivity contribution in [1.82, 2.24) is 0 Å². The van der Waals surface area contributed by atoms with E-state index in [1.807, 2.05) is 0 Å². The summed E-state index contributed by atoms with van der Waals surface area (Å²) in [7, 11) is 0. The van der Waals surface area contributed by atoms with E-state index in [0.717, 1.165) is 162 Å². The molecule has 0 saturated heterocycles. The first-order valence-electron chi connectivity index (χ1n) is 40.2. The zero-order chi connectivity index (χ0) is 58.7. The zero-order valence-electron chi connectivity index (χ0n) is 58.7. The lowest BCUT2D eigenvalue weighted by molar-refractivity contribution is -0.111. The fourth-order valence-electron chi connectivity index (χ4n) is 30.9. The number of hydrogen-bond donors (Lipinski definition) is 0. The van der Waals surface area contributed by atoms with Crippen molar-refractivity contribution in [2.75, 3.05) is 0 Å². The molecule has 0 unspecified atom stereocenters. The summed E-state index contributed by atoms with van der Waals surface area (Å²) in [6, 6.07) is 0. The quantitative estimate of drug-likeness (QED) is 0.263. The van der Waals surface area contributed by atoms with Gasteiger partial charge in [0.25, 0.3) is 0 Å². The van der Waals surface area contributed by atoms with Gasteiger partial charge in [-0.1, -0.05) is 141 Å². The molecule has 0 bridgehead atoms. The van der Waals surface area contributed by atoms with Gasteiger partial charge in [0.15, 0.2) is 0 Å². The summed E-state index contributed by atoms with van der Waals surface area (Å²) < 4.78 is 0. The third-order valence-electron chi connectivity index (χ3n) is 36.2. The van der Waals surface area contributed by atoms with Crippen LogP contribution in [0.4, 0.5) is 0 Å². The van der Waals surface area contributed by atoms with Crippen LogP contribution in [0.1, 0.15) is 366 Å². The Hall–Kier alpha value is 0. The van der Waals surface area contributed by atoms with E-state index in [9.17, 15) is 0 Å². The molecule has 0 radical (unpaired) electrons. The minimum Gasteiger partial charge on any atom is -0.0654 e. The Kier molecular flexibility index (Phi) is 18.1. The fraction of sp³-hybridized carbons (Fsp3) is 1.00. The van der Waals surface area contributed by atoms with E-state index in [1.165, 1.54) is 77.0 Å². The normalized spacial score (nSPS) is 56.4. The second kappa shape index (κ2) is 24.2. The Morgan fingerprint density at radius 2 is 0.548 bits per heavy atom. The first-order valence-corrected chi connectivity index (χ1v) is 40.2. The van der Waals surface area contributed by atoms with Crippen LogP contribution in [0, 0.1) is 162 Å². The summed E-state index contributed by atoms with van der Waals surface area (Å²) in [5.41, 5.74) is 5.85. The second-order valence-electron chi connectivity index (χ2n) is 39.4. The van der Waals surface area contributed by atoms with Gasteiger partial charge in [-0.2, -0.15) is 0 Å². The molecule has 0 aromatic heterocycles. The zero-order valence-corrected chi connectivity index (χ0v) is 58.7. The maximum absolute atomic E-state index is 2.73. The van der Waals surface area contributed by atoms with E-state index < -0.39 is 0 Å². The van der Waals surface area contributed by atoms with Crippen molar-refractivity contribution >= 4 is 0 Å². The summed E-state index contributed by atoms with van der Waals surface area (Å²) in [5, 5.41) is 0. The largest absolute Gasteiger partial charge is 0.0654 e. The lowest BCUT2D eigenvalue weighted by atomic mass is 9.44. The van der Waals surface area contributed by atoms with Crippen LogP contribution in [-0.2, 0) is 0 Å². The molecule has 0 aliphatic heterocycles. The van der Waals surface area contributed by atoms with E-state index in [-0.39, 0.29) is 0 Å². The van der Waals surface area contributed by atoms with Gasteiger partial charge in [0.2, 0.25) is 0 Å². The first-order chi connectivity index (χ1) is 40.2. The monoisotopic (exact) mass is 1150 g/mol. The molecule has 16 aliphatic carbocycles. The lowest BCUT2D eigenvalue weighted by Gasteiger charge is -2.60. The molecule has 0 nitrogen and oxygen atoms in total. The predicted molar refractivity (Wildman–Crippen MR) is 361 cm³/mol. The van der Waals surface area contributed by atoms with E-state index in [1.54, 1.807) is 205 Å². The van der Waals surface area contributed by atoms with Gasteiger partial charge in [-0.3, -0.25) is 0 Å². The third kappa shape index (κ3) is 10.8. The molecule has 0 aromatic rings. The Bertz CT molecular complexity index is 2130. The lowest BCUT2D eigenvalue weighted by Crippen LogP contribution is -2.52. The van der Waals surface area contributed by atoms with E-state index in [0.29, 0.717) is 0 Å². The van der Waals surface area contributed by atoms with Crippen LogP contribution in [0.15, 0.2) is 0 Å². The molecule has 84 heavy (non-hydrogen) atoms. The van der Waals surface area contributed by atoms with Crippen LogP contribution >= 0.6 is 0 Å². The van der Waals surface area contributed by atoms with Gasteiger partial charge in [0.05, 0.1) is 0 Å². The van der Waals surface area contributed by atoms with Crippen molar-refractivity contribution in [2.45, 2.75) is 366 Å². The smallest absolute Gasteiger partial charge is 0.0266 e. The van der Waals surface area contributed by atoms with E-state index >= 15 is 0 Å². The predicted octanol–water partition coefficient (Wildman–Crippen LogP) is 25.8. The molecule has 16 aliphatic rings. The van der Waals surface area contributed by atoms with Gasteiger partial charge >= 0.3 is 0 Å². The van der Waals surface area contributed by atoms with Gasteiger partial charge in [0, 0.05) is 0 Å². The van der Waals surface area contributed by atoms with Crippen molar-refractivity contribution in [2.24, 2.45) is 162 Å². The van der Waals surface area contributed by atoms with E-state index in [2.05, 4.69) is 83.1 Å². The minimum absolute atomic E-state index is 0.719. The highest BCUT2D eigenvalue weighted by molar-refractivity contribution is 5.12. The molecule has 480 valence electrons. The molecule has 0 heterocycles. The van der Waals surface area contributed by atoms with Crippen LogP contribution in [0.2, 0.25) is 0 Å². The highest BCUT2D eigenvalue weighted by Crippen LogP contribution is 2.71. The molecule has 16 rings (SSSR count). The van der Waals surface area contributed by atoms with Crippen molar-refractivity contribution in [3.8, 4) is 0 Å². The fourth-order valence-corrected chi connectivity index (χ4v) is 30.9. The molecule has 0 aromatic carbocycles. The van der Waals surface area contributed by atoms with Crippen LogP contribution in [0.25, 0.3) is 0 Å². The number of rotatable bonds is 4. The summed E-state index contributed by atoms with van der Waals surface area (Å²) in [6.45, 7) is 31.2. The van der Waals surface area contributed by atoms with Crippen molar-refractivity contribution in [3.05, 3.63) is 0 Å². The third-order valence-corrected chi connectivity index (χ3v) is 36.2. The standard InChI is InChI=1S/C22H38.2C21H36.C20H34/c1-4-6-16-10-14-22(3)17(15-16)8-9-18-19-7-5-12-21(19,2)13-11-20(18)22;2*1-4-15-9-13-21(3)16(14-15)7-8-17-18-6-5-11-20(18,2)12-10-19(17)21;1-14-8-12-20(3)15(13-14)6-7-16-17-5-4-10-19(17,2)11-9-18(16)20/h16-20H,4-15H2,1-3H3;2*15-19H,4-14H2,1-3H3;14-18H,4-13H2,1-3H3/t16-,17+,18+,19+,20+,21+,22+;15-,16+,17+,18+,19+,20+,21+;15-,16-,17-,18-,19-,20-,21-;14-,15-,16-,17-,18-,19-,20-/m1100/s1. The van der Waals surface area contributed by atoms with Gasteiger partial charge < -0.3 is 0 Å². The summed E-state index contributed by atoms with van der Waals surface area (Å²) in [5.74, 6) is 21.6. The minimum atomic E-state index is 0.719. The van der Waals surface area contributed by atoms with Gasteiger partial charge in [0.1, 0.15) is 0 Å². The molecule has 0 N–H and O–H groups in total. The molecule has 16 saturated carbocycles. The summed E-state index contributed by atoms with van der Waals surface area (Å²) >= 11 is 0. The molecule has 0 amide bonds. The van der Waals surface area contributed by atoms with Gasteiger partial charge in [-0.05, 0) is 386 Å². The summed E-state index contributed by atoms with van der Waals surface area (Å²) in [4.78, 5) is 0. The highest BCUT2D eigenvalue weighted by atomic mass is 14.7. The van der Waals surface area contributed by atoms with E-state index in [4.69, 9.17) is 0 Å². The SMILES string of the molecule is CCC[C@@H]1CC[C@@]2(C)[C@@H](CC[C@H]3[C@@H]4CCC[C@@]4(C)CC[C@@H]32)C1.CC[C@@H]1CC[C@@]2(C)[C@@H](CC[C@H]3[C@@H]4CCC[C@@]4(C)CC[C@@H]32)C1.CC[C@H]1CC[C@@]2(C)[C@@H](CC[C@H]3[C@@H]4CCC[C@@]4(C)CC[C@@H]32)C1.C[C@H]1CC[C@@]2(C)[C@@H](CC[C@H]3[C@@H]4CCC[C@@]4(C)CC[C@@H]32)C1. The highest BCUT2D eigenvalue weighted by Gasteiger charge is 2.62. The number of fused-ring (bicyclic) bond motifs is 20. The maximum Gasteiger partial charge on any atom is -0.0266 e. The molecule has 28 atom stereocenters. The molecular weight excluding hydrogens is 1010 g/mol. The molecule has 16 fully saturated rings. The van der Waals surface area contributed by atoms with Crippen LogP contribution in [0.5, 0.6) is 0 Å². The van der Waals surface area contributed by atoms with Crippen LogP contribution in [-0.4, -0.2) is 0 Å². The first kappa shape index (κ1) is 62.8. The van der Waals surface area contributed by atoms with Crippen molar-refractivity contribution < 1.29 is 0 Å². The molecular formula is C84H144. The van der Waals surface area contributed by atoms with Gasteiger partial charge in [-0.25, -0.2) is 0 Å². The topological polar surface area (TPSA) is 0 Å². The Balaban J connectivity index is 0.000000105. The number of hydrogen-bond acceptors (Lipinski definition) is 0. The molecule has 0 spiro atoms.